The molecule has 1 aromatic carbocycles. The molecule has 1 saturated heterocycles. The van der Waals surface area contributed by atoms with Gasteiger partial charge < -0.3 is 14.7 Å². The minimum absolute atomic E-state index is 0.0572. The Morgan fingerprint density at radius 3 is 2.88 bits per heavy atom. The van der Waals surface area contributed by atoms with Gasteiger partial charge in [-0.2, -0.15) is 15.4 Å². The zero-order valence-corrected chi connectivity index (χ0v) is 13.5. The molecule has 0 radical (unpaired) electrons. The number of nitrogens with one attached hydrogen (secondary N) is 1. The van der Waals surface area contributed by atoms with Crippen molar-refractivity contribution in [1.29, 1.82) is 0 Å². The average molecular weight is 330 g/mol. The topological polar surface area (TPSA) is 91.3 Å². The number of H-pyrrole nitrogens is 1. The quantitative estimate of drug-likeness (QED) is 0.713. The molecule has 2 heterocycles. The molecule has 128 valence electrons. The summed E-state index contributed by atoms with van der Waals surface area (Å²) in [5, 5.41) is 19.7. The van der Waals surface area contributed by atoms with Crippen LogP contribution < -0.4 is 0 Å². The van der Waals surface area contributed by atoms with Crippen molar-refractivity contribution >= 4 is 5.97 Å². The Bertz CT molecular complexity index is 633. The number of carbonyl (C=O) groups is 1. The molecule has 2 N–H and O–H groups in total. The summed E-state index contributed by atoms with van der Waals surface area (Å²) in [6.45, 7) is 3.55. The standard InChI is InChI=1S/C17H22N4O3/c22-17(23)8-14-10-21(11-15(14)16-9-18-20-19-16)6-7-24-12-13-4-2-1-3-5-13/h1-5,9,14-15H,6-8,10-12H2,(H,22,23)(H,18,19,20)/t14-,15+/m0/s1. The summed E-state index contributed by atoms with van der Waals surface area (Å²) in [4.78, 5) is 13.4. The van der Waals surface area contributed by atoms with Crippen LogP contribution in [0.15, 0.2) is 36.5 Å². The van der Waals surface area contributed by atoms with E-state index in [2.05, 4.69) is 20.3 Å². The molecule has 24 heavy (non-hydrogen) atoms. The number of carboxylic acid groups (broad SMARTS) is 1. The molecule has 0 amide bonds. The minimum Gasteiger partial charge on any atom is -0.481 e. The summed E-state index contributed by atoms with van der Waals surface area (Å²) in [5.74, 6) is -0.605. The molecule has 0 aliphatic carbocycles. The van der Waals surface area contributed by atoms with Crippen LogP contribution in [0.5, 0.6) is 0 Å². The van der Waals surface area contributed by atoms with Crippen molar-refractivity contribution in [3.63, 3.8) is 0 Å². The van der Waals surface area contributed by atoms with Crippen LogP contribution >= 0.6 is 0 Å². The van der Waals surface area contributed by atoms with E-state index in [0.29, 0.717) is 13.2 Å². The summed E-state index contributed by atoms with van der Waals surface area (Å²) in [6.07, 6.45) is 1.84. The lowest BCUT2D eigenvalue weighted by Crippen LogP contribution is -2.25. The second-order valence-corrected chi connectivity index (χ2v) is 6.16. The van der Waals surface area contributed by atoms with Crippen molar-refractivity contribution in [2.45, 2.75) is 18.9 Å². The number of carboxylic acids is 1. The van der Waals surface area contributed by atoms with E-state index in [1.807, 2.05) is 30.3 Å². The first-order valence-electron chi connectivity index (χ1n) is 8.14. The molecular formula is C17H22N4O3. The largest absolute Gasteiger partial charge is 0.481 e. The molecule has 3 rings (SSSR count). The van der Waals surface area contributed by atoms with Crippen LogP contribution in [0.25, 0.3) is 0 Å². The van der Waals surface area contributed by atoms with Crippen LogP contribution in [0.3, 0.4) is 0 Å². The van der Waals surface area contributed by atoms with Gasteiger partial charge in [0.15, 0.2) is 0 Å². The third kappa shape index (κ3) is 4.39. The van der Waals surface area contributed by atoms with Crippen molar-refractivity contribution < 1.29 is 14.6 Å². The van der Waals surface area contributed by atoms with E-state index in [1.165, 1.54) is 0 Å². The second kappa shape index (κ2) is 8.03. The predicted octanol–water partition coefficient (Wildman–Crippen LogP) is 1.51. The number of hydrogen-bond acceptors (Lipinski definition) is 5. The molecule has 0 bridgehead atoms. The molecule has 0 saturated carbocycles. The number of aromatic nitrogens is 3. The fourth-order valence-corrected chi connectivity index (χ4v) is 3.26. The number of rotatable bonds is 8. The number of nitrogens with zero attached hydrogens (tertiary/aromatic N) is 3. The highest BCUT2D eigenvalue weighted by atomic mass is 16.5. The third-order valence-electron chi connectivity index (χ3n) is 4.43. The van der Waals surface area contributed by atoms with Crippen molar-refractivity contribution in [3.05, 3.63) is 47.8 Å². The molecule has 7 nitrogen and oxygen atoms in total. The first-order valence-corrected chi connectivity index (χ1v) is 8.14. The van der Waals surface area contributed by atoms with Gasteiger partial charge >= 0.3 is 5.97 Å². The number of aliphatic carboxylic acids is 1. The van der Waals surface area contributed by atoms with Gasteiger partial charge in [-0.1, -0.05) is 30.3 Å². The molecule has 1 aliphatic heterocycles. The molecule has 0 unspecified atom stereocenters. The highest BCUT2D eigenvalue weighted by molar-refractivity contribution is 5.67. The van der Waals surface area contributed by atoms with E-state index in [-0.39, 0.29) is 18.3 Å². The first-order chi connectivity index (χ1) is 11.7. The number of aromatic amines is 1. The van der Waals surface area contributed by atoms with Crippen LogP contribution in [0.4, 0.5) is 0 Å². The van der Waals surface area contributed by atoms with Gasteiger partial charge in [-0.15, -0.1) is 0 Å². The third-order valence-corrected chi connectivity index (χ3v) is 4.43. The van der Waals surface area contributed by atoms with Crippen LogP contribution in [0, 0.1) is 5.92 Å². The van der Waals surface area contributed by atoms with Crippen LogP contribution in [0.2, 0.25) is 0 Å². The van der Waals surface area contributed by atoms with Crippen molar-refractivity contribution in [2.75, 3.05) is 26.2 Å². The minimum atomic E-state index is -0.768. The zero-order valence-electron chi connectivity index (χ0n) is 13.5. The Hall–Kier alpha value is -2.25. The molecule has 1 aliphatic rings. The van der Waals surface area contributed by atoms with E-state index in [0.717, 1.165) is 30.9 Å². The Balaban J connectivity index is 1.48. The van der Waals surface area contributed by atoms with E-state index >= 15 is 0 Å². The number of hydrogen-bond donors (Lipinski definition) is 2. The van der Waals surface area contributed by atoms with Gasteiger partial charge in [-0.05, 0) is 11.5 Å². The van der Waals surface area contributed by atoms with Gasteiger partial charge in [0.1, 0.15) is 0 Å². The summed E-state index contributed by atoms with van der Waals surface area (Å²) < 4.78 is 5.73. The lowest BCUT2D eigenvalue weighted by Gasteiger charge is -2.15. The Morgan fingerprint density at radius 2 is 2.17 bits per heavy atom. The predicted molar refractivity (Wildman–Crippen MR) is 87.4 cm³/mol. The highest BCUT2D eigenvalue weighted by Crippen LogP contribution is 2.33. The molecule has 7 heteroatoms. The van der Waals surface area contributed by atoms with Gasteiger partial charge in [0.25, 0.3) is 0 Å². The number of likely N-dealkylation sites (tertiary alicyclic amines) is 1. The maximum atomic E-state index is 11.1. The molecule has 1 aromatic heterocycles. The molecular weight excluding hydrogens is 308 g/mol. The van der Waals surface area contributed by atoms with Crippen molar-refractivity contribution in [3.8, 4) is 0 Å². The summed E-state index contributed by atoms with van der Waals surface area (Å²) in [7, 11) is 0. The molecule has 2 atom stereocenters. The van der Waals surface area contributed by atoms with Crippen molar-refractivity contribution in [2.24, 2.45) is 5.92 Å². The van der Waals surface area contributed by atoms with Crippen molar-refractivity contribution in [1.82, 2.24) is 20.3 Å². The fraction of sp³-hybridized carbons (Fsp3) is 0.471. The summed E-state index contributed by atoms with van der Waals surface area (Å²) in [5.41, 5.74) is 2.00. The Kier molecular flexibility index (Phi) is 5.55. The van der Waals surface area contributed by atoms with E-state index in [4.69, 9.17) is 9.84 Å². The molecule has 2 aromatic rings. The van der Waals surface area contributed by atoms with Crippen LogP contribution in [-0.2, 0) is 16.1 Å². The average Bonchev–Trinajstić information content (AvgIpc) is 3.21. The van der Waals surface area contributed by atoms with E-state index in [1.54, 1.807) is 6.20 Å². The number of ether oxygens (including phenoxy) is 1. The lowest BCUT2D eigenvalue weighted by molar-refractivity contribution is -0.138. The first kappa shape index (κ1) is 16.6. The van der Waals surface area contributed by atoms with Gasteiger partial charge in [0, 0.05) is 25.6 Å². The zero-order chi connectivity index (χ0) is 16.8. The summed E-state index contributed by atoms with van der Waals surface area (Å²) >= 11 is 0. The molecule has 1 fully saturated rings. The Morgan fingerprint density at radius 1 is 1.33 bits per heavy atom. The lowest BCUT2D eigenvalue weighted by atomic mass is 9.91. The maximum absolute atomic E-state index is 11.1. The van der Waals surface area contributed by atoms with Crippen LogP contribution in [0.1, 0.15) is 23.6 Å². The summed E-state index contributed by atoms with van der Waals surface area (Å²) in [6, 6.07) is 10.1. The molecule has 0 spiro atoms. The van der Waals surface area contributed by atoms with Crippen LogP contribution in [-0.4, -0.2) is 57.6 Å². The van der Waals surface area contributed by atoms with Gasteiger partial charge in [0.05, 0.1) is 31.5 Å². The van der Waals surface area contributed by atoms with E-state index < -0.39 is 5.97 Å². The van der Waals surface area contributed by atoms with Gasteiger partial charge in [-0.3, -0.25) is 4.79 Å². The second-order valence-electron chi connectivity index (χ2n) is 6.16. The fourth-order valence-electron chi connectivity index (χ4n) is 3.26. The number of benzene rings is 1. The normalized spacial score (nSPS) is 21.2. The van der Waals surface area contributed by atoms with Gasteiger partial charge in [-0.25, -0.2) is 0 Å². The van der Waals surface area contributed by atoms with Gasteiger partial charge in [0.2, 0.25) is 0 Å². The monoisotopic (exact) mass is 330 g/mol. The Labute approximate surface area is 140 Å². The van der Waals surface area contributed by atoms with E-state index in [9.17, 15) is 4.79 Å². The highest BCUT2D eigenvalue weighted by Gasteiger charge is 2.36. The smallest absolute Gasteiger partial charge is 0.303 e. The maximum Gasteiger partial charge on any atom is 0.303 e. The SMILES string of the molecule is O=C(O)C[C@H]1CN(CCOCc2ccccc2)C[C@H]1c1cn[nH]n1.